The van der Waals surface area contributed by atoms with Crippen LogP contribution >= 0.6 is 0 Å². The van der Waals surface area contributed by atoms with Crippen molar-refractivity contribution in [2.75, 3.05) is 6.54 Å². The minimum absolute atomic E-state index is 0.155. The smallest absolute Gasteiger partial charge is 0.233 e. The highest BCUT2D eigenvalue weighted by atomic mass is 16.2. The summed E-state index contributed by atoms with van der Waals surface area (Å²) in [5.74, 6) is 1.11. The first-order valence-corrected chi connectivity index (χ1v) is 5.14. The summed E-state index contributed by atoms with van der Waals surface area (Å²) in [6, 6.07) is 10.0. The number of nitrogens with zero attached hydrogens (tertiary/aromatic N) is 1. The van der Waals surface area contributed by atoms with Gasteiger partial charge in [0.15, 0.2) is 0 Å². The first-order valence-electron chi connectivity index (χ1n) is 5.14. The molecule has 15 heavy (non-hydrogen) atoms. The van der Waals surface area contributed by atoms with Crippen molar-refractivity contribution in [3.8, 4) is 0 Å². The van der Waals surface area contributed by atoms with Gasteiger partial charge in [0, 0.05) is 12.7 Å². The fourth-order valence-electron chi connectivity index (χ4n) is 1.62. The number of benzene rings is 1. The van der Waals surface area contributed by atoms with Crippen molar-refractivity contribution in [1.29, 1.82) is 0 Å². The lowest BCUT2D eigenvalue weighted by atomic mass is 10.1. The highest BCUT2D eigenvalue weighted by Crippen LogP contribution is 2.19. The van der Waals surface area contributed by atoms with Gasteiger partial charge in [-0.15, -0.1) is 0 Å². The molecule has 1 saturated heterocycles. The van der Waals surface area contributed by atoms with E-state index in [9.17, 15) is 4.79 Å². The molecule has 1 aliphatic heterocycles. The molecular weight excluding hydrogens is 186 g/mol. The molecule has 1 aliphatic rings. The third-order valence-electron chi connectivity index (χ3n) is 2.60. The van der Waals surface area contributed by atoms with Crippen LogP contribution in [0.5, 0.6) is 0 Å². The molecule has 1 aromatic rings. The number of hydrogen-bond acceptors (Lipinski definition) is 1. The quantitative estimate of drug-likeness (QED) is 0.718. The highest BCUT2D eigenvalue weighted by molar-refractivity contribution is 5.92. The summed E-state index contributed by atoms with van der Waals surface area (Å²) in [6.45, 7) is 2.71. The Bertz CT molecular complexity index is 369. The Labute approximate surface area is 90.2 Å². The van der Waals surface area contributed by atoms with Crippen LogP contribution in [0.15, 0.2) is 36.5 Å². The second-order valence-corrected chi connectivity index (χ2v) is 3.76. The molecule has 1 radical (unpaired) electrons. The molecule has 0 aliphatic carbocycles. The largest absolute Gasteiger partial charge is 0.319 e. The van der Waals surface area contributed by atoms with Crippen molar-refractivity contribution < 1.29 is 4.79 Å². The Morgan fingerprint density at radius 1 is 1.27 bits per heavy atom. The summed E-state index contributed by atoms with van der Waals surface area (Å²) in [5.41, 5.74) is 1.12. The normalized spacial score (nSPS) is 17.9. The van der Waals surface area contributed by atoms with E-state index < -0.39 is 0 Å². The van der Waals surface area contributed by atoms with Crippen molar-refractivity contribution in [2.45, 2.75) is 13.3 Å². The Hall–Kier alpha value is -1.57. The molecule has 1 aromatic carbocycles. The zero-order valence-corrected chi connectivity index (χ0v) is 8.81. The van der Waals surface area contributed by atoms with Crippen LogP contribution in [0.4, 0.5) is 0 Å². The molecule has 0 spiro atoms. The minimum Gasteiger partial charge on any atom is -0.319 e. The fourth-order valence-corrected chi connectivity index (χ4v) is 1.62. The van der Waals surface area contributed by atoms with Crippen molar-refractivity contribution in [2.24, 2.45) is 0 Å². The van der Waals surface area contributed by atoms with Crippen LogP contribution in [0.1, 0.15) is 18.9 Å². The molecule has 0 aromatic heterocycles. The molecule has 0 unspecified atom stereocenters. The van der Waals surface area contributed by atoms with Gasteiger partial charge >= 0.3 is 0 Å². The average molecular weight is 200 g/mol. The topological polar surface area (TPSA) is 20.3 Å². The van der Waals surface area contributed by atoms with Crippen LogP contribution in [-0.4, -0.2) is 17.4 Å². The number of hydrogen-bond donors (Lipinski definition) is 0. The summed E-state index contributed by atoms with van der Waals surface area (Å²) in [5, 5.41) is 0. The zero-order valence-electron chi connectivity index (χ0n) is 8.81. The molecule has 2 nitrogen and oxygen atoms in total. The Morgan fingerprint density at radius 2 is 2.00 bits per heavy atom. The van der Waals surface area contributed by atoms with Crippen LogP contribution in [0, 0.1) is 5.92 Å². The number of rotatable bonds is 2. The molecule has 77 valence electrons. The number of carbonyl (C=O) groups excluding carboxylic acids is 1. The molecule has 0 N–H and O–H groups in total. The van der Waals surface area contributed by atoms with Crippen LogP contribution in [-0.2, 0) is 4.79 Å². The van der Waals surface area contributed by atoms with Crippen molar-refractivity contribution in [1.82, 2.24) is 4.90 Å². The predicted octanol–water partition coefficient (Wildman–Crippen LogP) is 2.48. The first-order chi connectivity index (χ1) is 7.27. The van der Waals surface area contributed by atoms with E-state index in [4.69, 9.17) is 0 Å². The van der Waals surface area contributed by atoms with Crippen molar-refractivity contribution in [3.05, 3.63) is 48.0 Å². The minimum atomic E-state index is 0.155. The maximum Gasteiger partial charge on any atom is 0.233 e. The third-order valence-corrected chi connectivity index (χ3v) is 2.60. The molecule has 0 saturated carbocycles. The zero-order chi connectivity index (χ0) is 10.7. The van der Waals surface area contributed by atoms with Crippen molar-refractivity contribution >= 4 is 12.0 Å². The van der Waals surface area contributed by atoms with Gasteiger partial charge in [0.25, 0.3) is 0 Å². The fraction of sp³-hybridized carbons (Fsp3) is 0.231. The summed E-state index contributed by atoms with van der Waals surface area (Å²) < 4.78 is 0. The van der Waals surface area contributed by atoms with Crippen LogP contribution in [0.2, 0.25) is 0 Å². The molecule has 2 heteroatoms. The number of amides is 1. The van der Waals surface area contributed by atoms with E-state index in [2.05, 4.69) is 0 Å². The second kappa shape index (κ2) is 4.30. The summed E-state index contributed by atoms with van der Waals surface area (Å²) in [4.78, 5) is 13.3. The lowest BCUT2D eigenvalue weighted by molar-refractivity contribution is -0.124. The molecule has 0 atom stereocenters. The Kier molecular flexibility index (Phi) is 2.86. The Balaban J connectivity index is 2.04. The lowest BCUT2D eigenvalue weighted by Crippen LogP contribution is -2.19. The monoisotopic (exact) mass is 200 g/mol. The maximum atomic E-state index is 11.6. The molecule has 1 fully saturated rings. The van der Waals surface area contributed by atoms with Gasteiger partial charge in [-0.25, -0.2) is 0 Å². The van der Waals surface area contributed by atoms with E-state index in [1.807, 2.05) is 49.5 Å². The third kappa shape index (κ3) is 2.27. The standard InChI is InChI=1S/C13H14NO/c1-11-7-9-14(13(11)15)10-8-12-5-3-2-4-6-12/h2-6,8,10H,7,9H2,1H3. The summed E-state index contributed by atoms with van der Waals surface area (Å²) in [7, 11) is 0. The molecule has 1 amide bonds. The molecular formula is C13H14NO. The van der Waals surface area contributed by atoms with E-state index in [0.717, 1.165) is 24.4 Å². The van der Waals surface area contributed by atoms with Gasteiger partial charge in [-0.2, -0.15) is 0 Å². The maximum absolute atomic E-state index is 11.6. The number of carbonyl (C=O) groups is 1. The Morgan fingerprint density at radius 3 is 2.60 bits per heavy atom. The van der Waals surface area contributed by atoms with Crippen LogP contribution in [0.25, 0.3) is 6.08 Å². The van der Waals surface area contributed by atoms with Gasteiger partial charge in [0.1, 0.15) is 0 Å². The molecule has 2 rings (SSSR count). The lowest BCUT2D eigenvalue weighted by Gasteiger charge is -2.08. The van der Waals surface area contributed by atoms with Crippen molar-refractivity contribution in [3.63, 3.8) is 0 Å². The van der Waals surface area contributed by atoms with Gasteiger partial charge < -0.3 is 4.90 Å². The van der Waals surface area contributed by atoms with E-state index in [0.29, 0.717) is 0 Å². The SMILES string of the molecule is C[C]1CCN(C=Cc2ccccc2)C1=O. The van der Waals surface area contributed by atoms with E-state index in [-0.39, 0.29) is 5.91 Å². The summed E-state index contributed by atoms with van der Waals surface area (Å²) in [6.07, 6.45) is 4.72. The van der Waals surface area contributed by atoms with E-state index in [1.165, 1.54) is 0 Å². The predicted molar refractivity (Wildman–Crippen MR) is 60.7 cm³/mol. The highest BCUT2D eigenvalue weighted by Gasteiger charge is 2.26. The van der Waals surface area contributed by atoms with E-state index >= 15 is 0 Å². The second-order valence-electron chi connectivity index (χ2n) is 3.76. The number of likely N-dealkylation sites (tertiary alicyclic amines) is 1. The molecule has 1 heterocycles. The molecule has 0 bridgehead atoms. The van der Waals surface area contributed by atoms with Gasteiger partial charge in [-0.1, -0.05) is 30.3 Å². The van der Waals surface area contributed by atoms with Gasteiger partial charge in [0.2, 0.25) is 5.91 Å². The van der Waals surface area contributed by atoms with Crippen LogP contribution < -0.4 is 0 Å². The average Bonchev–Trinajstić information content (AvgIpc) is 2.59. The van der Waals surface area contributed by atoms with Gasteiger partial charge in [0.05, 0.1) is 5.92 Å². The van der Waals surface area contributed by atoms with E-state index in [1.54, 1.807) is 4.90 Å². The van der Waals surface area contributed by atoms with Gasteiger partial charge in [-0.3, -0.25) is 4.79 Å². The van der Waals surface area contributed by atoms with Gasteiger partial charge in [-0.05, 0) is 25.0 Å². The summed E-state index contributed by atoms with van der Waals surface area (Å²) >= 11 is 0. The first kappa shape index (κ1) is 9.97. The van der Waals surface area contributed by atoms with Crippen LogP contribution in [0.3, 0.4) is 0 Å².